The summed E-state index contributed by atoms with van der Waals surface area (Å²) in [5, 5.41) is 0.558. The van der Waals surface area contributed by atoms with Crippen LogP contribution in [0.3, 0.4) is 0 Å². The molecular formula is C26H32ClN3O3. The predicted molar refractivity (Wildman–Crippen MR) is 134 cm³/mol. The summed E-state index contributed by atoms with van der Waals surface area (Å²) in [6.07, 6.45) is 2.97. The lowest BCUT2D eigenvalue weighted by molar-refractivity contribution is -0.118. The van der Waals surface area contributed by atoms with E-state index < -0.39 is 0 Å². The molecule has 0 aliphatic rings. The Bertz CT molecular complexity index is 1150. The van der Waals surface area contributed by atoms with Gasteiger partial charge in [-0.15, -0.1) is 0 Å². The zero-order chi connectivity index (χ0) is 24.0. The third-order valence-corrected chi connectivity index (χ3v) is 5.90. The Morgan fingerprint density at radius 2 is 1.82 bits per heavy atom. The molecule has 7 heteroatoms. The lowest BCUT2D eigenvalue weighted by atomic mass is 10.1. The van der Waals surface area contributed by atoms with E-state index in [4.69, 9.17) is 16.3 Å². The number of hydrogen-bond acceptors (Lipinski definition) is 3. The van der Waals surface area contributed by atoms with Gasteiger partial charge < -0.3 is 9.64 Å². The number of benzene rings is 2. The molecule has 0 N–H and O–H groups in total. The maximum absolute atomic E-state index is 13.6. The van der Waals surface area contributed by atoms with E-state index >= 15 is 0 Å². The van der Waals surface area contributed by atoms with Gasteiger partial charge in [0, 0.05) is 24.1 Å². The van der Waals surface area contributed by atoms with Crippen LogP contribution in [0.5, 0.6) is 5.75 Å². The van der Waals surface area contributed by atoms with Gasteiger partial charge in [0.05, 0.1) is 24.5 Å². The van der Waals surface area contributed by atoms with Crippen LogP contribution in [0.15, 0.2) is 53.3 Å². The quantitative estimate of drug-likeness (QED) is 0.360. The van der Waals surface area contributed by atoms with Gasteiger partial charge in [0.2, 0.25) is 5.91 Å². The van der Waals surface area contributed by atoms with E-state index in [0.717, 1.165) is 24.1 Å². The number of aromatic nitrogens is 2. The number of para-hydroxylation sites is 1. The van der Waals surface area contributed by atoms with Crippen LogP contribution < -0.4 is 15.2 Å². The van der Waals surface area contributed by atoms with Crippen LogP contribution in [-0.4, -0.2) is 21.9 Å². The molecule has 0 bridgehead atoms. The van der Waals surface area contributed by atoms with Gasteiger partial charge in [0.1, 0.15) is 11.4 Å². The van der Waals surface area contributed by atoms with E-state index in [9.17, 15) is 9.59 Å². The number of rotatable bonds is 10. The predicted octanol–water partition coefficient (Wildman–Crippen LogP) is 5.65. The van der Waals surface area contributed by atoms with Gasteiger partial charge in [-0.1, -0.05) is 50.1 Å². The molecular weight excluding hydrogens is 438 g/mol. The summed E-state index contributed by atoms with van der Waals surface area (Å²) in [6.45, 7) is 6.70. The highest BCUT2D eigenvalue weighted by Gasteiger charge is 2.27. The van der Waals surface area contributed by atoms with Crippen LogP contribution in [0, 0.1) is 6.92 Å². The minimum Gasteiger partial charge on any atom is -0.493 e. The molecule has 1 heterocycles. The third-order valence-electron chi connectivity index (χ3n) is 5.67. The summed E-state index contributed by atoms with van der Waals surface area (Å²) in [6, 6.07) is 14.8. The summed E-state index contributed by atoms with van der Waals surface area (Å²) in [4.78, 5) is 28.4. The van der Waals surface area contributed by atoms with Crippen LogP contribution in [0.25, 0.3) is 5.69 Å². The van der Waals surface area contributed by atoms with Crippen molar-refractivity contribution in [1.29, 1.82) is 0 Å². The fourth-order valence-electron chi connectivity index (χ4n) is 3.81. The second-order valence-electron chi connectivity index (χ2n) is 8.09. The van der Waals surface area contributed by atoms with Gasteiger partial charge in [-0.2, -0.15) is 0 Å². The van der Waals surface area contributed by atoms with Gasteiger partial charge in [0.15, 0.2) is 0 Å². The van der Waals surface area contributed by atoms with Crippen molar-refractivity contribution >= 4 is 23.2 Å². The summed E-state index contributed by atoms with van der Waals surface area (Å²) >= 11 is 6.29. The summed E-state index contributed by atoms with van der Waals surface area (Å²) < 4.78 is 9.36. The first-order valence-electron chi connectivity index (χ1n) is 11.4. The van der Waals surface area contributed by atoms with Crippen molar-refractivity contribution in [3.63, 3.8) is 0 Å². The molecule has 0 fully saturated rings. The number of unbranched alkanes of at least 4 members (excludes halogenated alkanes) is 1. The minimum absolute atomic E-state index is 0.108. The summed E-state index contributed by atoms with van der Waals surface area (Å²) in [5.74, 6) is 0.571. The Kier molecular flexibility index (Phi) is 8.39. The Labute approximate surface area is 200 Å². The van der Waals surface area contributed by atoms with E-state index in [1.807, 2.05) is 63.4 Å². The minimum atomic E-state index is -0.235. The van der Waals surface area contributed by atoms with Crippen molar-refractivity contribution in [3.8, 4) is 11.4 Å². The number of nitrogens with zero attached hydrogens (tertiary/aromatic N) is 3. The van der Waals surface area contributed by atoms with Gasteiger partial charge in [-0.3, -0.25) is 14.3 Å². The molecule has 0 spiro atoms. The highest BCUT2D eigenvalue weighted by Crippen LogP contribution is 2.28. The standard InChI is InChI=1S/C26H32ClN3O3/c1-5-7-16-33-23-15-14-21(27)17-20(23)18-29(24(31)11-6-2)25-19(3)28(4)30(26(25)32)22-12-9-8-10-13-22/h8-10,12-15,17H,5-7,11,16,18H2,1-4H3. The zero-order valence-corrected chi connectivity index (χ0v) is 20.6. The average molecular weight is 470 g/mol. The SMILES string of the molecule is CCCCOc1ccc(Cl)cc1CN(C(=O)CCC)c1c(C)n(C)n(-c2ccccc2)c1=O. The zero-order valence-electron chi connectivity index (χ0n) is 19.8. The average Bonchev–Trinajstić information content (AvgIpc) is 3.02. The van der Waals surface area contributed by atoms with Crippen LogP contribution in [0.2, 0.25) is 5.02 Å². The smallest absolute Gasteiger partial charge is 0.295 e. The molecule has 0 aliphatic carbocycles. The molecule has 0 unspecified atom stereocenters. The van der Waals surface area contributed by atoms with Crippen LogP contribution >= 0.6 is 11.6 Å². The van der Waals surface area contributed by atoms with E-state index in [1.165, 1.54) is 0 Å². The number of amides is 1. The summed E-state index contributed by atoms with van der Waals surface area (Å²) in [5.41, 5.74) is 2.37. The molecule has 0 aliphatic heterocycles. The van der Waals surface area contributed by atoms with Crippen molar-refractivity contribution in [2.24, 2.45) is 7.05 Å². The lowest BCUT2D eigenvalue weighted by Gasteiger charge is -2.23. The van der Waals surface area contributed by atoms with E-state index in [2.05, 4.69) is 6.92 Å². The Balaban J connectivity index is 2.09. The van der Waals surface area contributed by atoms with Crippen molar-refractivity contribution < 1.29 is 9.53 Å². The normalized spacial score (nSPS) is 10.9. The molecule has 0 atom stereocenters. The van der Waals surface area contributed by atoms with E-state index in [-0.39, 0.29) is 18.0 Å². The van der Waals surface area contributed by atoms with Crippen LogP contribution in [0.4, 0.5) is 5.69 Å². The molecule has 2 aromatic carbocycles. The second-order valence-corrected chi connectivity index (χ2v) is 8.53. The number of carbonyl (C=O) groups excluding carboxylic acids is 1. The number of hydrogen-bond donors (Lipinski definition) is 0. The number of anilines is 1. The van der Waals surface area contributed by atoms with Gasteiger partial charge in [-0.25, -0.2) is 4.68 Å². The van der Waals surface area contributed by atoms with Crippen molar-refractivity contribution in [3.05, 3.63) is 75.2 Å². The van der Waals surface area contributed by atoms with Crippen LogP contribution in [0.1, 0.15) is 50.8 Å². The highest BCUT2D eigenvalue weighted by atomic mass is 35.5. The van der Waals surface area contributed by atoms with Gasteiger partial charge in [0.25, 0.3) is 5.56 Å². The third kappa shape index (κ3) is 5.50. The number of halogens is 1. The molecule has 6 nitrogen and oxygen atoms in total. The molecule has 33 heavy (non-hydrogen) atoms. The number of ether oxygens (including phenoxy) is 1. The molecule has 3 aromatic rings. The largest absolute Gasteiger partial charge is 0.493 e. The van der Waals surface area contributed by atoms with Gasteiger partial charge in [-0.05, 0) is 50.1 Å². The molecule has 1 aromatic heterocycles. The second kappa shape index (κ2) is 11.2. The lowest BCUT2D eigenvalue weighted by Crippen LogP contribution is -2.34. The highest BCUT2D eigenvalue weighted by molar-refractivity contribution is 6.30. The van der Waals surface area contributed by atoms with Crippen LogP contribution in [-0.2, 0) is 18.4 Å². The molecule has 3 rings (SSSR count). The Morgan fingerprint density at radius 1 is 1.09 bits per heavy atom. The van der Waals surface area contributed by atoms with Crippen molar-refractivity contribution in [2.45, 2.75) is 53.0 Å². The first kappa shape index (κ1) is 24.6. The fraction of sp³-hybridized carbons (Fsp3) is 0.385. The monoisotopic (exact) mass is 469 g/mol. The van der Waals surface area contributed by atoms with Gasteiger partial charge >= 0.3 is 0 Å². The van der Waals surface area contributed by atoms with Crippen molar-refractivity contribution in [1.82, 2.24) is 9.36 Å². The van der Waals surface area contributed by atoms with Crippen molar-refractivity contribution in [2.75, 3.05) is 11.5 Å². The van der Waals surface area contributed by atoms with E-state index in [1.54, 1.807) is 20.3 Å². The molecule has 0 saturated heterocycles. The maximum Gasteiger partial charge on any atom is 0.295 e. The summed E-state index contributed by atoms with van der Waals surface area (Å²) in [7, 11) is 1.83. The maximum atomic E-state index is 13.6. The first-order chi connectivity index (χ1) is 15.9. The first-order valence-corrected chi connectivity index (χ1v) is 11.8. The van der Waals surface area contributed by atoms with E-state index in [0.29, 0.717) is 41.6 Å². The topological polar surface area (TPSA) is 56.5 Å². The molecule has 0 radical (unpaired) electrons. The Hall–Kier alpha value is -2.99. The molecule has 176 valence electrons. The molecule has 0 saturated carbocycles. The Morgan fingerprint density at radius 3 is 2.48 bits per heavy atom. The fourth-order valence-corrected chi connectivity index (χ4v) is 4.01. The number of carbonyl (C=O) groups is 1. The molecule has 1 amide bonds.